The monoisotopic (exact) mass is 597 g/mol. The molecule has 7 atom stereocenters. The fraction of sp³-hybridized carbons (Fsp3) is 0.800. The number of carbonyl (C=O) groups is 1. The van der Waals surface area contributed by atoms with E-state index in [0.29, 0.717) is 30.8 Å². The average Bonchev–Trinajstić information content (AvgIpc) is 3.72. The summed E-state index contributed by atoms with van der Waals surface area (Å²) in [6.45, 7) is 13.5. The van der Waals surface area contributed by atoms with Gasteiger partial charge in [-0.3, -0.25) is 4.90 Å². The zero-order valence-electron chi connectivity index (χ0n) is 27.2. The van der Waals surface area contributed by atoms with Crippen LogP contribution >= 0.6 is 0 Å². The predicted octanol–water partition coefficient (Wildman–Crippen LogP) is 4.67. The number of carbonyl (C=O) groups excluding carboxylic acids is 1. The van der Waals surface area contributed by atoms with Gasteiger partial charge in [0.05, 0.1) is 24.2 Å². The molecule has 4 saturated carbocycles. The fourth-order valence-electron chi connectivity index (χ4n) is 10.8. The van der Waals surface area contributed by atoms with Gasteiger partial charge in [-0.2, -0.15) is 0 Å². The van der Waals surface area contributed by atoms with Crippen LogP contribution in [-0.4, -0.2) is 86.0 Å². The molecule has 0 amide bonds. The molecule has 1 aromatic carbocycles. The average molecular weight is 598 g/mol. The molecule has 2 spiro atoms. The van der Waals surface area contributed by atoms with Crippen molar-refractivity contribution in [1.29, 1.82) is 0 Å². The number of benzene rings is 1. The molecule has 8 heteroatoms. The molecule has 2 aliphatic heterocycles. The highest BCUT2D eigenvalue weighted by Gasteiger charge is 2.87. The number of ether oxygens (including phenoxy) is 5. The summed E-state index contributed by atoms with van der Waals surface area (Å²) in [7, 11) is 3.42. The van der Waals surface area contributed by atoms with Crippen molar-refractivity contribution in [1.82, 2.24) is 4.90 Å². The zero-order valence-corrected chi connectivity index (χ0v) is 27.2. The van der Waals surface area contributed by atoms with E-state index in [9.17, 15) is 9.90 Å². The SMILES string of the molecule is COCCOCC(=O)Oc1ccc2c3c1OC1(C)C4(OC)CCC5(CC4C(C)(O)C(C)(C)C)C(C2)N(CC2CC2)CCC351. The molecular weight excluding hydrogens is 546 g/mol. The second-order valence-corrected chi connectivity index (χ2v) is 15.8. The molecule has 8 rings (SSSR count). The van der Waals surface area contributed by atoms with E-state index in [1.54, 1.807) is 7.11 Å². The maximum atomic E-state index is 12.9. The van der Waals surface area contributed by atoms with Crippen molar-refractivity contribution in [3.8, 4) is 11.5 Å². The molecule has 8 nitrogen and oxygen atoms in total. The van der Waals surface area contributed by atoms with Crippen LogP contribution in [0.5, 0.6) is 11.5 Å². The Bertz CT molecular complexity index is 1300. The third-order valence-electron chi connectivity index (χ3n) is 13.4. The number of rotatable bonds is 10. The maximum Gasteiger partial charge on any atom is 0.337 e. The number of piperidine rings is 1. The first-order valence-electron chi connectivity index (χ1n) is 16.5. The molecule has 0 aromatic heterocycles. The Balaban J connectivity index is 1.38. The molecule has 43 heavy (non-hydrogen) atoms. The molecule has 1 aromatic rings. The van der Waals surface area contributed by atoms with Gasteiger partial charge in [-0.15, -0.1) is 0 Å². The molecule has 5 aliphatic carbocycles. The largest absolute Gasteiger partial charge is 0.479 e. The highest BCUT2D eigenvalue weighted by atomic mass is 16.6. The molecule has 7 unspecified atom stereocenters. The number of methoxy groups -OCH3 is 2. The first-order chi connectivity index (χ1) is 20.3. The minimum atomic E-state index is -0.996. The lowest BCUT2D eigenvalue weighted by Gasteiger charge is -2.78. The van der Waals surface area contributed by atoms with E-state index in [-0.39, 0.29) is 28.8 Å². The standard InChI is InChI=1S/C35H51NO7/c1-30(2,3)31(4,38)25-19-33-12-13-35(25,40-7)32(5)34(33)14-15-36(20-22-8-9-22)26(33)18-23-10-11-24(29(43-32)28(23)34)42-27(37)21-41-17-16-39-6/h10-11,22,25-26,38H,8-9,12-21H2,1-7H3. The van der Waals surface area contributed by atoms with E-state index < -0.39 is 22.8 Å². The van der Waals surface area contributed by atoms with E-state index in [1.807, 2.05) is 20.1 Å². The number of likely N-dealkylation sites (tertiary alicyclic amines) is 1. The zero-order chi connectivity index (χ0) is 30.6. The van der Waals surface area contributed by atoms with E-state index in [2.05, 4.69) is 38.7 Å². The van der Waals surface area contributed by atoms with Crippen LogP contribution in [-0.2, 0) is 30.8 Å². The van der Waals surface area contributed by atoms with Crippen molar-refractivity contribution in [2.24, 2.45) is 22.7 Å². The first-order valence-corrected chi connectivity index (χ1v) is 16.5. The summed E-state index contributed by atoms with van der Waals surface area (Å²) in [6, 6.07) is 4.47. The Kier molecular flexibility index (Phi) is 6.72. The third kappa shape index (κ3) is 3.70. The molecule has 4 bridgehead atoms. The van der Waals surface area contributed by atoms with Crippen molar-refractivity contribution < 1.29 is 33.6 Å². The molecule has 1 N–H and O–H groups in total. The van der Waals surface area contributed by atoms with Crippen LogP contribution in [0, 0.1) is 22.7 Å². The summed E-state index contributed by atoms with van der Waals surface area (Å²) < 4.78 is 30.6. The Labute approximate surface area is 256 Å². The molecular formula is C35H51NO7. The smallest absolute Gasteiger partial charge is 0.337 e. The normalized spacial score (nSPS) is 38.8. The molecule has 5 fully saturated rings. The van der Waals surface area contributed by atoms with Gasteiger partial charge in [-0.1, -0.05) is 26.8 Å². The summed E-state index contributed by atoms with van der Waals surface area (Å²) in [6.07, 6.45) is 7.36. The quantitative estimate of drug-likeness (QED) is 0.237. The lowest BCUT2D eigenvalue weighted by molar-refractivity contribution is -0.345. The second kappa shape index (κ2) is 9.65. The summed E-state index contributed by atoms with van der Waals surface area (Å²) in [5.41, 5.74) is -0.663. The number of aliphatic hydroxyl groups is 1. The Morgan fingerprint density at radius 2 is 1.88 bits per heavy atom. The Morgan fingerprint density at radius 1 is 1.12 bits per heavy atom. The Morgan fingerprint density at radius 3 is 2.56 bits per heavy atom. The van der Waals surface area contributed by atoms with Gasteiger partial charge in [0.1, 0.15) is 17.8 Å². The van der Waals surface area contributed by atoms with Gasteiger partial charge in [-0.25, -0.2) is 4.79 Å². The first kappa shape index (κ1) is 30.0. The summed E-state index contributed by atoms with van der Waals surface area (Å²) in [5.74, 6) is 1.39. The van der Waals surface area contributed by atoms with E-state index in [4.69, 9.17) is 23.7 Å². The van der Waals surface area contributed by atoms with Crippen LogP contribution in [0.1, 0.15) is 84.3 Å². The lowest BCUT2D eigenvalue weighted by Crippen LogP contribution is -2.87. The topological polar surface area (TPSA) is 86.7 Å². The van der Waals surface area contributed by atoms with Gasteiger partial charge in [-0.05, 0) is 88.3 Å². The van der Waals surface area contributed by atoms with Crippen molar-refractivity contribution in [3.05, 3.63) is 23.3 Å². The minimum absolute atomic E-state index is 0.0841. The van der Waals surface area contributed by atoms with Crippen LogP contribution in [0.3, 0.4) is 0 Å². The van der Waals surface area contributed by atoms with Crippen molar-refractivity contribution in [2.45, 2.75) is 108 Å². The molecule has 0 radical (unpaired) electrons. The van der Waals surface area contributed by atoms with Gasteiger partial charge in [0.2, 0.25) is 0 Å². The molecule has 238 valence electrons. The van der Waals surface area contributed by atoms with Crippen LogP contribution in [0.25, 0.3) is 0 Å². The van der Waals surface area contributed by atoms with Crippen molar-refractivity contribution in [3.63, 3.8) is 0 Å². The van der Waals surface area contributed by atoms with Crippen LogP contribution in [0.15, 0.2) is 12.1 Å². The van der Waals surface area contributed by atoms with E-state index >= 15 is 0 Å². The predicted molar refractivity (Wildman–Crippen MR) is 161 cm³/mol. The van der Waals surface area contributed by atoms with Crippen molar-refractivity contribution in [2.75, 3.05) is 47.1 Å². The number of fused-ring (bicyclic) bond motifs is 2. The third-order valence-corrected chi connectivity index (χ3v) is 13.4. The number of nitrogens with zero attached hydrogens (tertiary/aromatic N) is 1. The van der Waals surface area contributed by atoms with Gasteiger partial charge in [0.25, 0.3) is 0 Å². The highest BCUT2D eigenvalue weighted by Crippen LogP contribution is 2.81. The van der Waals surface area contributed by atoms with E-state index in [1.165, 1.54) is 24.0 Å². The number of esters is 1. The molecule has 2 heterocycles. The van der Waals surface area contributed by atoms with E-state index in [0.717, 1.165) is 51.1 Å². The van der Waals surface area contributed by atoms with Gasteiger partial charge >= 0.3 is 5.97 Å². The highest BCUT2D eigenvalue weighted by molar-refractivity contribution is 5.76. The Hall–Kier alpha value is -1.71. The maximum absolute atomic E-state index is 12.9. The van der Waals surface area contributed by atoms with Crippen molar-refractivity contribution >= 4 is 5.97 Å². The fourth-order valence-corrected chi connectivity index (χ4v) is 10.8. The van der Waals surface area contributed by atoms with Gasteiger partial charge in [0.15, 0.2) is 11.5 Å². The summed E-state index contributed by atoms with van der Waals surface area (Å²) in [4.78, 5) is 15.8. The number of hydrogen-bond acceptors (Lipinski definition) is 8. The van der Waals surface area contributed by atoms with Gasteiger partial charge in [0, 0.05) is 43.7 Å². The van der Waals surface area contributed by atoms with Crippen LogP contribution in [0.2, 0.25) is 0 Å². The number of hydrogen-bond donors (Lipinski definition) is 1. The van der Waals surface area contributed by atoms with Gasteiger partial charge < -0.3 is 28.8 Å². The summed E-state index contributed by atoms with van der Waals surface area (Å²) >= 11 is 0. The van der Waals surface area contributed by atoms with Crippen LogP contribution < -0.4 is 9.47 Å². The lowest BCUT2D eigenvalue weighted by atomic mass is 9.30. The molecule has 7 aliphatic rings. The van der Waals surface area contributed by atoms with Crippen LogP contribution in [0.4, 0.5) is 0 Å². The second-order valence-electron chi connectivity index (χ2n) is 15.8. The molecule has 1 saturated heterocycles. The minimum Gasteiger partial charge on any atom is -0.479 e. The summed E-state index contributed by atoms with van der Waals surface area (Å²) in [5, 5.41) is 12.5.